The van der Waals surface area contributed by atoms with Crippen molar-refractivity contribution in [1.29, 1.82) is 0 Å². The highest BCUT2D eigenvalue weighted by molar-refractivity contribution is 4.73. The lowest BCUT2D eigenvalue weighted by molar-refractivity contribution is -0.101. The molecule has 0 heterocycles. The first-order valence-corrected chi connectivity index (χ1v) is 3.88. The molecule has 1 atom stereocenters. The van der Waals surface area contributed by atoms with E-state index in [9.17, 15) is 0 Å². The molecule has 6 nitrogen and oxygen atoms in total. The summed E-state index contributed by atoms with van der Waals surface area (Å²) < 4.78 is 9.61. The van der Waals surface area contributed by atoms with E-state index in [-0.39, 0.29) is 33.0 Å². The van der Waals surface area contributed by atoms with Gasteiger partial charge in [-0.1, -0.05) is 0 Å². The maximum absolute atomic E-state index is 8.66. The van der Waals surface area contributed by atoms with Crippen LogP contribution in [0.2, 0.25) is 0 Å². The van der Waals surface area contributed by atoms with Crippen LogP contribution in [-0.4, -0.2) is 59.6 Å². The first-order chi connectivity index (χ1) is 6.22. The number of hydrogen-bond acceptors (Lipinski definition) is 6. The Morgan fingerprint density at radius 2 is 1.69 bits per heavy atom. The van der Waals surface area contributed by atoms with E-state index in [1.54, 1.807) is 0 Å². The highest BCUT2D eigenvalue weighted by atomic mass is 16.6. The van der Waals surface area contributed by atoms with Crippen molar-refractivity contribution < 1.29 is 29.9 Å². The van der Waals surface area contributed by atoms with Gasteiger partial charge in [0.25, 0.3) is 6.29 Å². The maximum atomic E-state index is 8.66. The molecule has 0 aromatic heterocycles. The summed E-state index contributed by atoms with van der Waals surface area (Å²) in [6.45, 7) is -0.310. The molecule has 0 aromatic rings. The van der Waals surface area contributed by atoms with Crippen LogP contribution in [0, 0.1) is 6.29 Å². The predicted molar refractivity (Wildman–Crippen MR) is 41.8 cm³/mol. The molecule has 0 fully saturated rings. The molecule has 1 radical (unpaired) electrons. The normalized spacial score (nSPS) is 13.6. The minimum atomic E-state index is -0.973. The van der Waals surface area contributed by atoms with Crippen LogP contribution >= 0.6 is 0 Å². The fraction of sp³-hybridized carbons (Fsp3) is 0.857. The van der Waals surface area contributed by atoms with Gasteiger partial charge < -0.3 is 29.9 Å². The first kappa shape index (κ1) is 12.8. The van der Waals surface area contributed by atoms with Gasteiger partial charge in [-0.3, -0.25) is 0 Å². The summed E-state index contributed by atoms with van der Waals surface area (Å²) in [4.78, 5) is 0. The Morgan fingerprint density at radius 1 is 1.08 bits per heavy atom. The van der Waals surface area contributed by atoms with Crippen LogP contribution in [0.5, 0.6) is 0 Å². The number of aliphatic hydroxyl groups is 4. The Balaban J connectivity index is 3.54. The van der Waals surface area contributed by atoms with Crippen LogP contribution in [0.15, 0.2) is 0 Å². The molecule has 0 aliphatic heterocycles. The van der Waals surface area contributed by atoms with Crippen molar-refractivity contribution in [3.8, 4) is 0 Å². The summed E-state index contributed by atoms with van der Waals surface area (Å²) in [6.07, 6.45) is -1.87. The highest BCUT2D eigenvalue weighted by Crippen LogP contribution is 2.03. The monoisotopic (exact) mass is 195 g/mol. The van der Waals surface area contributed by atoms with Crippen molar-refractivity contribution in [2.45, 2.75) is 6.10 Å². The minimum Gasteiger partial charge on any atom is -0.394 e. The number of hydrogen-bond donors (Lipinski definition) is 4. The van der Waals surface area contributed by atoms with E-state index in [2.05, 4.69) is 0 Å². The van der Waals surface area contributed by atoms with Crippen LogP contribution in [0.3, 0.4) is 0 Å². The van der Waals surface area contributed by atoms with E-state index in [1.807, 2.05) is 0 Å². The summed E-state index contributed by atoms with van der Waals surface area (Å²) in [7, 11) is 0. The van der Waals surface area contributed by atoms with Crippen molar-refractivity contribution in [3.05, 3.63) is 6.29 Å². The van der Waals surface area contributed by atoms with Crippen molar-refractivity contribution in [2.75, 3.05) is 33.0 Å². The molecule has 0 aliphatic rings. The number of rotatable bonds is 8. The van der Waals surface area contributed by atoms with Gasteiger partial charge in [-0.2, -0.15) is 0 Å². The van der Waals surface area contributed by atoms with Crippen LogP contribution in [0.25, 0.3) is 0 Å². The Kier molecular flexibility index (Phi) is 8.21. The second kappa shape index (κ2) is 8.36. The molecule has 0 saturated heterocycles. The summed E-state index contributed by atoms with van der Waals surface area (Å²) in [5.74, 6) is 0. The van der Waals surface area contributed by atoms with E-state index < -0.39 is 12.4 Å². The molecule has 13 heavy (non-hydrogen) atoms. The summed E-state index contributed by atoms with van der Waals surface area (Å²) in [5.41, 5.74) is 0. The van der Waals surface area contributed by atoms with E-state index in [0.717, 1.165) is 0 Å². The van der Waals surface area contributed by atoms with Gasteiger partial charge in [0, 0.05) is 0 Å². The quantitative estimate of drug-likeness (QED) is 0.356. The van der Waals surface area contributed by atoms with Crippen molar-refractivity contribution >= 4 is 0 Å². The second-order valence-electron chi connectivity index (χ2n) is 2.24. The molecule has 0 bridgehead atoms. The maximum Gasteiger partial charge on any atom is 0.250 e. The third kappa shape index (κ3) is 6.88. The van der Waals surface area contributed by atoms with Crippen molar-refractivity contribution in [2.24, 2.45) is 0 Å². The average molecular weight is 195 g/mol. The standard InChI is InChI=1S/C7H15O6/c8-1-3-12-5-6(7(10)11)13-4-2-9/h6,8-11H,1-5H2. The molecular formula is C7H15O6. The minimum absolute atomic E-state index is 0.00221. The number of aliphatic hydroxyl groups excluding tert-OH is 3. The summed E-state index contributed by atoms with van der Waals surface area (Å²) in [5, 5.41) is 34.1. The fourth-order valence-electron chi connectivity index (χ4n) is 0.647. The first-order valence-electron chi connectivity index (χ1n) is 3.88. The molecular weight excluding hydrogens is 180 g/mol. The predicted octanol–water partition coefficient (Wildman–Crippen LogP) is -1.39. The highest BCUT2D eigenvalue weighted by Gasteiger charge is 2.18. The van der Waals surface area contributed by atoms with Crippen LogP contribution in [0.1, 0.15) is 0 Å². The van der Waals surface area contributed by atoms with Gasteiger partial charge in [0.05, 0.1) is 33.0 Å². The number of ether oxygens (including phenoxy) is 2. The average Bonchev–Trinajstić information content (AvgIpc) is 2.10. The SMILES string of the molecule is OCCOCC(OCCO)[C](O)O. The van der Waals surface area contributed by atoms with Crippen molar-refractivity contribution in [1.82, 2.24) is 0 Å². The lowest BCUT2D eigenvalue weighted by Gasteiger charge is -2.17. The Hall–Kier alpha value is -0.240. The van der Waals surface area contributed by atoms with Gasteiger partial charge in [0.15, 0.2) is 0 Å². The van der Waals surface area contributed by atoms with Gasteiger partial charge in [-0.05, 0) is 0 Å². The van der Waals surface area contributed by atoms with Crippen LogP contribution in [0.4, 0.5) is 0 Å². The Morgan fingerprint density at radius 3 is 2.15 bits per heavy atom. The van der Waals surface area contributed by atoms with Gasteiger partial charge in [-0.15, -0.1) is 0 Å². The lowest BCUT2D eigenvalue weighted by atomic mass is 10.3. The molecule has 0 amide bonds. The smallest absolute Gasteiger partial charge is 0.250 e. The molecule has 1 unspecified atom stereocenters. The van der Waals surface area contributed by atoms with Gasteiger partial charge >= 0.3 is 0 Å². The molecule has 0 spiro atoms. The van der Waals surface area contributed by atoms with Gasteiger partial charge in [-0.25, -0.2) is 0 Å². The summed E-state index contributed by atoms with van der Waals surface area (Å²) in [6, 6.07) is 0. The van der Waals surface area contributed by atoms with Crippen LogP contribution in [-0.2, 0) is 9.47 Å². The van der Waals surface area contributed by atoms with E-state index in [1.165, 1.54) is 0 Å². The lowest BCUT2D eigenvalue weighted by Crippen LogP contribution is -2.29. The zero-order valence-electron chi connectivity index (χ0n) is 7.22. The zero-order valence-corrected chi connectivity index (χ0v) is 7.22. The fourth-order valence-corrected chi connectivity index (χ4v) is 0.647. The molecule has 0 saturated carbocycles. The van der Waals surface area contributed by atoms with E-state index in [0.29, 0.717) is 0 Å². The largest absolute Gasteiger partial charge is 0.394 e. The third-order valence-electron chi connectivity index (χ3n) is 1.20. The van der Waals surface area contributed by atoms with Crippen LogP contribution < -0.4 is 0 Å². The summed E-state index contributed by atoms with van der Waals surface area (Å²) >= 11 is 0. The Bertz CT molecular complexity index is 107. The van der Waals surface area contributed by atoms with Gasteiger partial charge in [0.2, 0.25) is 0 Å². The van der Waals surface area contributed by atoms with Crippen molar-refractivity contribution in [3.63, 3.8) is 0 Å². The molecule has 0 rings (SSSR count). The zero-order chi connectivity index (χ0) is 10.1. The Labute approximate surface area is 76.3 Å². The molecule has 4 N–H and O–H groups in total. The topological polar surface area (TPSA) is 99.4 Å². The second-order valence-corrected chi connectivity index (χ2v) is 2.24. The molecule has 0 aromatic carbocycles. The molecule has 0 aliphatic carbocycles. The third-order valence-corrected chi connectivity index (χ3v) is 1.20. The van der Waals surface area contributed by atoms with E-state index >= 15 is 0 Å². The molecule has 6 heteroatoms. The van der Waals surface area contributed by atoms with E-state index in [4.69, 9.17) is 29.9 Å². The van der Waals surface area contributed by atoms with Gasteiger partial charge in [0.1, 0.15) is 6.10 Å². The molecule has 79 valence electrons.